The third-order valence-electron chi connectivity index (χ3n) is 6.94. The molecule has 0 atom stereocenters. The lowest BCUT2D eigenvalue weighted by molar-refractivity contribution is -0.138. The van der Waals surface area contributed by atoms with Crippen LogP contribution >= 0.6 is 0 Å². The van der Waals surface area contributed by atoms with Gasteiger partial charge in [0.1, 0.15) is 23.0 Å². The fraction of sp³-hybridized carbons (Fsp3) is 0.290. The fourth-order valence-corrected chi connectivity index (χ4v) is 4.64. The molecule has 0 aliphatic heterocycles. The molecule has 46 heavy (non-hydrogen) atoms. The van der Waals surface area contributed by atoms with Crippen molar-refractivity contribution >= 4 is 23.0 Å². The molecule has 2 heterocycles. The largest absolute Gasteiger partial charge is 0.480 e. The van der Waals surface area contributed by atoms with E-state index in [1.807, 2.05) is 0 Å². The van der Waals surface area contributed by atoms with Gasteiger partial charge in [0.2, 0.25) is 5.88 Å². The highest BCUT2D eigenvalue weighted by Crippen LogP contribution is 2.33. The number of hydrogen-bond acceptors (Lipinski definition) is 9. The molecule has 2 aromatic heterocycles. The lowest BCUT2D eigenvalue weighted by atomic mass is 10.1. The number of ketones is 1. The molecule has 0 spiro atoms. The lowest BCUT2D eigenvalue weighted by Gasteiger charge is -2.21. The van der Waals surface area contributed by atoms with E-state index >= 15 is 0 Å². The summed E-state index contributed by atoms with van der Waals surface area (Å²) < 4.78 is 62.9. The number of aromatic nitrogens is 4. The molecule has 0 aliphatic rings. The number of Topliss-reactive ketones (excluding diaryl/α,β-unsaturated/α-hetero) is 1. The summed E-state index contributed by atoms with van der Waals surface area (Å²) in [7, 11) is 4.70. The summed E-state index contributed by atoms with van der Waals surface area (Å²) in [5, 5.41) is 7.68. The molecule has 4 rings (SSSR count). The maximum absolute atomic E-state index is 15.0. The Labute approximate surface area is 260 Å². The van der Waals surface area contributed by atoms with Crippen LogP contribution in [0.2, 0.25) is 0 Å². The summed E-state index contributed by atoms with van der Waals surface area (Å²) >= 11 is 0. The van der Waals surface area contributed by atoms with Crippen molar-refractivity contribution in [1.29, 1.82) is 0 Å². The van der Waals surface area contributed by atoms with Crippen LogP contribution in [0.15, 0.2) is 69.2 Å². The van der Waals surface area contributed by atoms with E-state index in [0.717, 1.165) is 17.7 Å². The van der Waals surface area contributed by atoms with E-state index in [1.54, 1.807) is 50.2 Å². The molecule has 11 nitrogen and oxygen atoms in total. The van der Waals surface area contributed by atoms with E-state index in [0.29, 0.717) is 27.3 Å². The van der Waals surface area contributed by atoms with Crippen LogP contribution in [0.5, 0.6) is 5.88 Å². The molecule has 0 saturated carbocycles. The third kappa shape index (κ3) is 7.37. The average molecular weight is 642 g/mol. The maximum atomic E-state index is 15.0. The van der Waals surface area contributed by atoms with Gasteiger partial charge in [-0.25, -0.2) is 13.8 Å². The van der Waals surface area contributed by atoms with Crippen LogP contribution in [0.25, 0.3) is 5.82 Å². The van der Waals surface area contributed by atoms with E-state index in [-0.39, 0.29) is 41.7 Å². The van der Waals surface area contributed by atoms with Crippen LogP contribution in [0.1, 0.15) is 35.6 Å². The Kier molecular flexibility index (Phi) is 10.2. The average Bonchev–Trinajstić information content (AvgIpc) is 3.00. The van der Waals surface area contributed by atoms with Gasteiger partial charge in [0.25, 0.3) is 5.56 Å². The second kappa shape index (κ2) is 13.9. The highest BCUT2D eigenvalue weighted by Gasteiger charge is 2.35. The summed E-state index contributed by atoms with van der Waals surface area (Å²) in [6, 6.07) is 11.6. The summed E-state index contributed by atoms with van der Waals surface area (Å²) in [5.74, 6) is -1.94. The Morgan fingerprint density at radius 2 is 1.74 bits per heavy atom. The number of carbonyl (C=O) groups is 1. The molecule has 0 amide bonds. The molecular formula is C31H31F4N7O4. The van der Waals surface area contributed by atoms with Crippen LogP contribution in [0, 0.1) is 5.82 Å². The van der Waals surface area contributed by atoms with Crippen LogP contribution in [-0.4, -0.2) is 63.5 Å². The zero-order valence-corrected chi connectivity index (χ0v) is 25.4. The first-order chi connectivity index (χ1) is 21.7. The van der Waals surface area contributed by atoms with Gasteiger partial charge in [-0.05, 0) is 50.0 Å². The molecule has 0 saturated heterocycles. The van der Waals surface area contributed by atoms with E-state index in [1.165, 1.54) is 19.2 Å². The van der Waals surface area contributed by atoms with Crippen molar-refractivity contribution in [3.63, 3.8) is 0 Å². The van der Waals surface area contributed by atoms with E-state index in [2.05, 4.69) is 15.2 Å². The number of anilines is 1. The second-order valence-electron chi connectivity index (χ2n) is 10.5. The number of likely N-dealkylation sites (N-methyl/N-ethyl adjacent to an activating group) is 1. The fourth-order valence-electron chi connectivity index (χ4n) is 4.64. The highest BCUT2D eigenvalue weighted by molar-refractivity contribution is 6.06. The molecule has 4 aromatic rings. The van der Waals surface area contributed by atoms with Crippen molar-refractivity contribution in [1.82, 2.24) is 24.2 Å². The minimum absolute atomic E-state index is 0.00446. The number of nitrogen functional groups attached to an aromatic ring is 1. The summed E-state index contributed by atoms with van der Waals surface area (Å²) in [6.45, 7) is 0.784. The van der Waals surface area contributed by atoms with E-state index in [9.17, 15) is 31.9 Å². The number of methoxy groups -OCH3 is 1. The normalized spacial score (nSPS) is 12.1. The predicted octanol–water partition coefficient (Wildman–Crippen LogP) is 3.79. The number of benzene rings is 2. The maximum Gasteiger partial charge on any atom is 0.416 e. The van der Waals surface area contributed by atoms with Crippen LogP contribution < -0.4 is 21.7 Å². The third-order valence-corrected chi connectivity index (χ3v) is 6.94. The predicted molar refractivity (Wildman–Crippen MR) is 164 cm³/mol. The zero-order valence-electron chi connectivity index (χ0n) is 25.4. The lowest BCUT2D eigenvalue weighted by Crippen LogP contribution is -2.45. The van der Waals surface area contributed by atoms with Crippen molar-refractivity contribution in [2.45, 2.75) is 32.5 Å². The van der Waals surface area contributed by atoms with Crippen molar-refractivity contribution in [2.75, 3.05) is 33.5 Å². The summed E-state index contributed by atoms with van der Waals surface area (Å²) in [5.41, 5.74) is 2.93. The highest BCUT2D eigenvalue weighted by atomic mass is 19.4. The molecule has 242 valence electrons. The van der Waals surface area contributed by atoms with Crippen molar-refractivity contribution in [3.8, 4) is 11.7 Å². The van der Waals surface area contributed by atoms with Gasteiger partial charge in [0.15, 0.2) is 5.82 Å². The second-order valence-corrected chi connectivity index (χ2v) is 10.5. The van der Waals surface area contributed by atoms with Gasteiger partial charge in [0, 0.05) is 31.0 Å². The molecule has 15 heteroatoms. The molecule has 0 fully saturated rings. The molecule has 2 aromatic carbocycles. The van der Waals surface area contributed by atoms with Gasteiger partial charge < -0.3 is 15.4 Å². The number of hydrogen-bond donors (Lipinski definition) is 1. The Hall–Kier alpha value is -5.18. The minimum atomic E-state index is -4.96. The number of alkyl halides is 3. The standard InChI is InChI=1S/C31H31F4N7O4/c1-5-20(43)15-18-9-11-19(12-10-18)37-24(17-40(2)3)27-28(36)41(16-21-22(31(33,34)35)7-6-8-23(21)32)30(45)42(29(27)44)25-13-14-26(46-4)39-38-25/h6-14H,5,15-17,36H2,1-4H3. The van der Waals surface area contributed by atoms with Gasteiger partial charge in [-0.3, -0.25) is 19.1 Å². The number of rotatable bonds is 11. The smallest absolute Gasteiger partial charge is 0.416 e. The Morgan fingerprint density at radius 3 is 2.30 bits per heavy atom. The number of ether oxygens (including phenoxy) is 1. The SMILES string of the molecule is CCC(=O)Cc1ccc(N=C(CN(C)C)c2c(N)n(Cc3c(F)cccc3C(F)(F)F)c(=O)n(-c3ccc(OC)nn3)c2=O)cc1. The molecule has 0 bridgehead atoms. The first-order valence-electron chi connectivity index (χ1n) is 14.0. The Bertz CT molecular complexity index is 1880. The quantitative estimate of drug-likeness (QED) is 0.193. The van der Waals surface area contributed by atoms with Crippen LogP contribution in [0.4, 0.5) is 29.1 Å². The molecule has 0 aliphatic carbocycles. The van der Waals surface area contributed by atoms with Gasteiger partial charge in [-0.2, -0.15) is 13.2 Å². The van der Waals surface area contributed by atoms with Crippen LogP contribution in [-0.2, 0) is 23.9 Å². The van der Waals surface area contributed by atoms with E-state index in [4.69, 9.17) is 10.5 Å². The van der Waals surface area contributed by atoms with Crippen molar-refractivity contribution in [2.24, 2.45) is 4.99 Å². The van der Waals surface area contributed by atoms with E-state index < -0.39 is 46.7 Å². The number of carbonyl (C=O) groups excluding carboxylic acids is 1. The number of nitrogens with two attached hydrogens (primary N) is 1. The topological polar surface area (TPSA) is 138 Å². The zero-order chi connectivity index (χ0) is 33.8. The minimum Gasteiger partial charge on any atom is -0.480 e. The van der Waals surface area contributed by atoms with Gasteiger partial charge in [0.05, 0.1) is 30.6 Å². The van der Waals surface area contributed by atoms with Crippen molar-refractivity contribution < 1.29 is 27.1 Å². The molecule has 0 unspecified atom stereocenters. The summed E-state index contributed by atoms with van der Waals surface area (Å²) in [6.07, 6.45) is -4.35. The Morgan fingerprint density at radius 1 is 1.04 bits per heavy atom. The first-order valence-corrected chi connectivity index (χ1v) is 14.0. The van der Waals surface area contributed by atoms with Crippen LogP contribution in [0.3, 0.4) is 0 Å². The monoisotopic (exact) mass is 641 g/mol. The first kappa shape index (κ1) is 33.7. The van der Waals surface area contributed by atoms with Crippen molar-refractivity contribution in [3.05, 3.63) is 104 Å². The molecule has 2 N–H and O–H groups in total. The molecular weight excluding hydrogens is 610 g/mol. The number of aliphatic imine (C=N–C) groups is 1. The van der Waals surface area contributed by atoms with Gasteiger partial charge >= 0.3 is 11.9 Å². The number of nitrogens with zero attached hydrogens (tertiary/aromatic N) is 6. The molecule has 0 radical (unpaired) electrons. The Balaban J connectivity index is 2.01. The number of halogens is 4. The van der Waals surface area contributed by atoms with Gasteiger partial charge in [-0.1, -0.05) is 25.1 Å². The summed E-state index contributed by atoms with van der Waals surface area (Å²) in [4.78, 5) is 46.0. The van der Waals surface area contributed by atoms with Gasteiger partial charge in [-0.15, -0.1) is 10.2 Å².